The van der Waals surface area contributed by atoms with E-state index in [0.29, 0.717) is 0 Å². The third-order valence-corrected chi connectivity index (χ3v) is 5.15. The first-order valence-electron chi connectivity index (χ1n) is 11.2. The topological polar surface area (TPSA) is 111 Å². The van der Waals surface area contributed by atoms with E-state index in [9.17, 15) is 20.2 Å². The van der Waals surface area contributed by atoms with Crippen LogP contribution >= 0.6 is 0 Å². The zero-order valence-corrected chi connectivity index (χ0v) is 18.4. The maximum atomic E-state index is 11.1. The van der Waals surface area contributed by atoms with Gasteiger partial charge in [0.1, 0.15) is 5.69 Å². The number of anilines is 1. The van der Waals surface area contributed by atoms with E-state index in [1.807, 2.05) is 6.92 Å². The summed E-state index contributed by atoms with van der Waals surface area (Å²) in [6.45, 7) is 4.12. The molecule has 0 spiro atoms. The summed E-state index contributed by atoms with van der Waals surface area (Å²) in [7, 11) is 0. The molecule has 1 N–H and O–H groups in total. The fourth-order valence-electron chi connectivity index (χ4n) is 3.31. The number of unbranched alkanes of at least 4 members (excludes halogenated alkanes) is 11. The predicted octanol–water partition coefficient (Wildman–Crippen LogP) is 7.38. The maximum absolute atomic E-state index is 11.1. The van der Waals surface area contributed by atoms with Crippen LogP contribution in [0.1, 0.15) is 97.3 Å². The number of nitrogens with zero attached hydrogens (tertiary/aromatic N) is 3. The second-order valence-electron chi connectivity index (χ2n) is 7.81. The van der Waals surface area contributed by atoms with E-state index in [1.54, 1.807) is 0 Å². The normalized spacial score (nSPS) is 11.5. The summed E-state index contributed by atoms with van der Waals surface area (Å²) in [5.41, 5.74) is 3.02. The minimum absolute atomic E-state index is 0.152. The number of nitrogens with one attached hydrogen (secondary N) is 1. The number of hydrazone groups is 1. The Morgan fingerprint density at radius 1 is 0.867 bits per heavy atom. The Kier molecular flexibility index (Phi) is 13.1. The molecule has 0 amide bonds. The lowest BCUT2D eigenvalue weighted by atomic mass is 10.0. The molecule has 0 aliphatic carbocycles. The molecule has 1 aromatic carbocycles. The molecule has 0 aliphatic heterocycles. The van der Waals surface area contributed by atoms with E-state index < -0.39 is 9.85 Å². The van der Waals surface area contributed by atoms with Gasteiger partial charge in [-0.05, 0) is 25.8 Å². The third-order valence-electron chi connectivity index (χ3n) is 5.15. The molecular formula is C22H36N4O4. The molecule has 0 fully saturated rings. The number of benzene rings is 1. The van der Waals surface area contributed by atoms with Crippen molar-refractivity contribution in [1.29, 1.82) is 0 Å². The quantitative estimate of drug-likeness (QED) is 0.122. The van der Waals surface area contributed by atoms with Crippen LogP contribution in [0.3, 0.4) is 0 Å². The highest BCUT2D eigenvalue weighted by Crippen LogP contribution is 2.29. The summed E-state index contributed by atoms with van der Waals surface area (Å²) >= 11 is 0. The lowest BCUT2D eigenvalue weighted by Gasteiger charge is -2.05. The van der Waals surface area contributed by atoms with Crippen molar-refractivity contribution >= 4 is 22.8 Å². The average Bonchev–Trinajstić information content (AvgIpc) is 2.72. The first-order valence-corrected chi connectivity index (χ1v) is 11.2. The molecule has 0 heterocycles. The number of hydrogen-bond acceptors (Lipinski definition) is 6. The van der Waals surface area contributed by atoms with Crippen LogP contribution < -0.4 is 5.43 Å². The number of rotatable bonds is 17. The summed E-state index contributed by atoms with van der Waals surface area (Å²) in [6, 6.07) is 3.49. The summed E-state index contributed by atoms with van der Waals surface area (Å²) in [6.07, 6.45) is 16.3. The van der Waals surface area contributed by atoms with E-state index in [1.165, 1.54) is 76.3 Å². The van der Waals surface area contributed by atoms with Crippen molar-refractivity contribution in [2.24, 2.45) is 5.10 Å². The Morgan fingerprint density at radius 3 is 1.90 bits per heavy atom. The number of nitro benzene ring substituents is 2. The Hall–Kier alpha value is -2.51. The smallest absolute Gasteiger partial charge is 0.272 e. The summed E-state index contributed by atoms with van der Waals surface area (Å²) in [4.78, 5) is 20.6. The zero-order chi connectivity index (χ0) is 22.2. The minimum Gasteiger partial charge on any atom is -0.272 e. The van der Waals surface area contributed by atoms with E-state index in [2.05, 4.69) is 17.5 Å². The first kappa shape index (κ1) is 25.5. The Bertz CT molecular complexity index is 692. The Balaban J connectivity index is 2.21. The highest BCUT2D eigenvalue weighted by atomic mass is 16.6. The van der Waals surface area contributed by atoms with Crippen LogP contribution in [0.5, 0.6) is 0 Å². The van der Waals surface area contributed by atoms with Gasteiger partial charge in [0.25, 0.3) is 5.69 Å². The van der Waals surface area contributed by atoms with E-state index in [0.717, 1.165) is 31.0 Å². The summed E-state index contributed by atoms with van der Waals surface area (Å²) in [5, 5.41) is 26.1. The van der Waals surface area contributed by atoms with Crippen molar-refractivity contribution in [1.82, 2.24) is 0 Å². The minimum atomic E-state index is -0.654. The van der Waals surface area contributed by atoms with Gasteiger partial charge in [-0.25, -0.2) is 0 Å². The molecule has 0 saturated heterocycles. The van der Waals surface area contributed by atoms with Gasteiger partial charge in [0, 0.05) is 11.8 Å². The van der Waals surface area contributed by atoms with Gasteiger partial charge in [-0.15, -0.1) is 0 Å². The fourth-order valence-corrected chi connectivity index (χ4v) is 3.31. The zero-order valence-electron chi connectivity index (χ0n) is 18.4. The third kappa shape index (κ3) is 10.9. The van der Waals surface area contributed by atoms with Crippen LogP contribution in [0.15, 0.2) is 23.3 Å². The van der Waals surface area contributed by atoms with E-state index >= 15 is 0 Å². The molecule has 8 nitrogen and oxygen atoms in total. The second kappa shape index (κ2) is 15.3. The number of nitro groups is 2. The molecule has 168 valence electrons. The number of non-ortho nitro benzene ring substituents is 1. The van der Waals surface area contributed by atoms with Crippen molar-refractivity contribution < 1.29 is 9.85 Å². The molecule has 0 saturated carbocycles. The molecule has 0 aliphatic rings. The van der Waals surface area contributed by atoms with Crippen molar-refractivity contribution in [2.75, 3.05) is 5.43 Å². The van der Waals surface area contributed by atoms with Gasteiger partial charge in [0.05, 0.1) is 15.9 Å². The molecule has 0 aromatic heterocycles. The van der Waals surface area contributed by atoms with Crippen molar-refractivity contribution in [3.05, 3.63) is 38.4 Å². The van der Waals surface area contributed by atoms with Crippen molar-refractivity contribution in [2.45, 2.75) is 97.3 Å². The van der Waals surface area contributed by atoms with Gasteiger partial charge in [0.2, 0.25) is 0 Å². The molecular weight excluding hydrogens is 384 g/mol. The highest BCUT2D eigenvalue weighted by molar-refractivity contribution is 5.83. The van der Waals surface area contributed by atoms with E-state index in [4.69, 9.17) is 0 Å². The summed E-state index contributed by atoms with van der Waals surface area (Å²) in [5.74, 6) is 0. The Labute approximate surface area is 179 Å². The maximum Gasteiger partial charge on any atom is 0.301 e. The predicted molar refractivity (Wildman–Crippen MR) is 122 cm³/mol. The SMILES string of the molecule is CCCCCCCCCCCCCC/C(C)=N/Nc1ccc([N+](=O)[O-])cc1[N+](=O)[O-]. The molecule has 30 heavy (non-hydrogen) atoms. The van der Waals surface area contributed by atoms with Crippen molar-refractivity contribution in [3.8, 4) is 0 Å². The lowest BCUT2D eigenvalue weighted by Crippen LogP contribution is -2.01. The highest BCUT2D eigenvalue weighted by Gasteiger charge is 2.19. The van der Waals surface area contributed by atoms with Crippen LogP contribution in [0.4, 0.5) is 17.1 Å². The van der Waals surface area contributed by atoms with Crippen LogP contribution in [-0.4, -0.2) is 15.6 Å². The van der Waals surface area contributed by atoms with Gasteiger partial charge < -0.3 is 0 Å². The van der Waals surface area contributed by atoms with Crippen LogP contribution in [0.2, 0.25) is 0 Å². The van der Waals surface area contributed by atoms with Gasteiger partial charge in [-0.1, -0.05) is 77.6 Å². The molecule has 1 aromatic rings. The first-order chi connectivity index (χ1) is 14.5. The van der Waals surface area contributed by atoms with Gasteiger partial charge >= 0.3 is 5.69 Å². The number of hydrogen-bond donors (Lipinski definition) is 1. The summed E-state index contributed by atoms with van der Waals surface area (Å²) < 4.78 is 0. The van der Waals surface area contributed by atoms with Crippen LogP contribution in [0.25, 0.3) is 0 Å². The van der Waals surface area contributed by atoms with Gasteiger partial charge in [-0.3, -0.25) is 25.7 Å². The fraction of sp³-hybridized carbons (Fsp3) is 0.682. The van der Waals surface area contributed by atoms with Gasteiger partial charge in [-0.2, -0.15) is 5.10 Å². The largest absolute Gasteiger partial charge is 0.301 e. The Morgan fingerprint density at radius 2 is 1.40 bits per heavy atom. The van der Waals surface area contributed by atoms with Crippen molar-refractivity contribution in [3.63, 3.8) is 0 Å². The monoisotopic (exact) mass is 420 g/mol. The standard InChI is InChI=1S/C22H36N4O4/c1-3-4-5-6-7-8-9-10-11-12-13-14-15-19(2)23-24-21-17-16-20(25(27)28)18-22(21)26(29)30/h16-18,24H,3-15H2,1-2H3/b23-19+. The van der Waals surface area contributed by atoms with E-state index in [-0.39, 0.29) is 17.1 Å². The molecule has 0 radical (unpaired) electrons. The van der Waals surface area contributed by atoms with Crippen LogP contribution in [-0.2, 0) is 0 Å². The molecule has 0 atom stereocenters. The lowest BCUT2D eigenvalue weighted by molar-refractivity contribution is -0.393. The molecule has 0 bridgehead atoms. The molecule has 8 heteroatoms. The van der Waals surface area contributed by atoms with Gasteiger partial charge in [0.15, 0.2) is 0 Å². The molecule has 1 rings (SSSR count). The van der Waals surface area contributed by atoms with Crippen LogP contribution in [0, 0.1) is 20.2 Å². The average molecular weight is 421 g/mol. The second-order valence-corrected chi connectivity index (χ2v) is 7.81. The molecule has 0 unspecified atom stereocenters.